The van der Waals surface area contributed by atoms with Crippen LogP contribution in [0.4, 0.5) is 18.9 Å². The highest BCUT2D eigenvalue weighted by atomic mass is 35.5. The lowest BCUT2D eigenvalue weighted by atomic mass is 10.2. The quantitative estimate of drug-likeness (QED) is 0.189. The number of amides is 1. The Labute approximate surface area is 228 Å². The summed E-state index contributed by atoms with van der Waals surface area (Å²) in [5.41, 5.74) is 1.05. The SMILES string of the molecule is C=CCOc1ccc(/C=N/NC(=O)CN(c2ccc(Cl)c(C(F)(F)F)c2)S(=O)(=O)c2ccccc2)cc1OC. The highest BCUT2D eigenvalue weighted by Gasteiger charge is 2.35. The van der Waals surface area contributed by atoms with Crippen LogP contribution in [0, 0.1) is 0 Å². The minimum absolute atomic E-state index is 0.226. The fourth-order valence-corrected chi connectivity index (χ4v) is 4.96. The summed E-state index contributed by atoms with van der Waals surface area (Å²) < 4.78 is 78.4. The molecule has 8 nitrogen and oxygen atoms in total. The van der Waals surface area contributed by atoms with Gasteiger partial charge in [-0.25, -0.2) is 13.8 Å². The molecule has 0 heterocycles. The maximum absolute atomic E-state index is 13.5. The van der Waals surface area contributed by atoms with Gasteiger partial charge in [0.15, 0.2) is 11.5 Å². The highest BCUT2D eigenvalue weighted by Crippen LogP contribution is 2.38. The molecule has 0 spiro atoms. The van der Waals surface area contributed by atoms with E-state index in [0.717, 1.165) is 12.1 Å². The molecule has 206 valence electrons. The van der Waals surface area contributed by atoms with Crippen molar-refractivity contribution in [3.63, 3.8) is 0 Å². The molecule has 0 saturated carbocycles. The molecule has 0 radical (unpaired) electrons. The first-order valence-corrected chi connectivity index (χ1v) is 13.0. The minimum atomic E-state index is -4.85. The van der Waals surface area contributed by atoms with Gasteiger partial charge in [0, 0.05) is 0 Å². The molecule has 0 aliphatic carbocycles. The third kappa shape index (κ3) is 7.52. The summed E-state index contributed by atoms with van der Waals surface area (Å²) in [4.78, 5) is 12.5. The number of ether oxygens (including phenoxy) is 2. The Morgan fingerprint density at radius 3 is 2.46 bits per heavy atom. The van der Waals surface area contributed by atoms with E-state index in [1.807, 2.05) is 0 Å². The maximum atomic E-state index is 13.5. The lowest BCUT2D eigenvalue weighted by Gasteiger charge is -2.24. The van der Waals surface area contributed by atoms with Crippen LogP contribution in [0.2, 0.25) is 5.02 Å². The molecule has 0 aliphatic heterocycles. The van der Waals surface area contributed by atoms with Crippen molar-refractivity contribution in [3.05, 3.63) is 95.5 Å². The topological polar surface area (TPSA) is 97.3 Å². The van der Waals surface area contributed by atoms with Crippen LogP contribution in [0.5, 0.6) is 11.5 Å². The Balaban J connectivity index is 1.87. The van der Waals surface area contributed by atoms with E-state index in [4.69, 9.17) is 21.1 Å². The number of halogens is 4. The van der Waals surface area contributed by atoms with E-state index < -0.39 is 44.9 Å². The molecule has 0 fully saturated rings. The van der Waals surface area contributed by atoms with E-state index in [0.29, 0.717) is 27.4 Å². The first-order valence-electron chi connectivity index (χ1n) is 11.2. The van der Waals surface area contributed by atoms with Crippen LogP contribution < -0.4 is 19.2 Å². The van der Waals surface area contributed by atoms with Crippen molar-refractivity contribution in [2.24, 2.45) is 5.10 Å². The molecule has 13 heteroatoms. The number of carbonyl (C=O) groups is 1. The fraction of sp³-hybridized carbons (Fsp3) is 0.154. The van der Waals surface area contributed by atoms with Gasteiger partial charge in [0.1, 0.15) is 13.2 Å². The number of alkyl halides is 3. The van der Waals surface area contributed by atoms with Gasteiger partial charge in [-0.15, -0.1) is 0 Å². The van der Waals surface area contributed by atoms with Crippen LogP contribution in [0.1, 0.15) is 11.1 Å². The number of hydrazone groups is 1. The molecule has 0 aromatic heterocycles. The van der Waals surface area contributed by atoms with Crippen LogP contribution in [-0.2, 0) is 21.0 Å². The van der Waals surface area contributed by atoms with Gasteiger partial charge in [0.2, 0.25) is 0 Å². The first kappa shape index (κ1) is 29.5. The molecular weight excluding hydrogens is 559 g/mol. The number of nitrogens with zero attached hydrogens (tertiary/aromatic N) is 2. The number of carbonyl (C=O) groups excluding carboxylic acids is 1. The highest BCUT2D eigenvalue weighted by molar-refractivity contribution is 7.92. The second-order valence-corrected chi connectivity index (χ2v) is 10.1. The summed E-state index contributed by atoms with van der Waals surface area (Å²) in [5.74, 6) is -0.0517. The van der Waals surface area contributed by atoms with Gasteiger partial charge in [0.25, 0.3) is 15.9 Å². The van der Waals surface area contributed by atoms with E-state index in [9.17, 15) is 26.4 Å². The second kappa shape index (κ2) is 12.7. The van der Waals surface area contributed by atoms with Crippen LogP contribution >= 0.6 is 11.6 Å². The number of hydrogen-bond acceptors (Lipinski definition) is 6. The van der Waals surface area contributed by atoms with Gasteiger partial charge >= 0.3 is 6.18 Å². The van der Waals surface area contributed by atoms with Crippen molar-refractivity contribution < 1.29 is 35.9 Å². The average molecular weight is 582 g/mol. The summed E-state index contributed by atoms with van der Waals surface area (Å²) in [7, 11) is -3.00. The molecule has 3 aromatic carbocycles. The van der Waals surface area contributed by atoms with Gasteiger partial charge in [-0.1, -0.05) is 42.5 Å². The zero-order valence-electron chi connectivity index (χ0n) is 20.5. The van der Waals surface area contributed by atoms with Gasteiger partial charge in [-0.05, 0) is 54.1 Å². The summed E-state index contributed by atoms with van der Waals surface area (Å²) in [6, 6.07) is 14.4. The first-order chi connectivity index (χ1) is 18.5. The summed E-state index contributed by atoms with van der Waals surface area (Å²) >= 11 is 5.70. The van der Waals surface area contributed by atoms with Crippen LogP contribution in [0.25, 0.3) is 0 Å². The van der Waals surface area contributed by atoms with Crippen molar-refractivity contribution in [1.29, 1.82) is 0 Å². The Morgan fingerprint density at radius 2 is 1.82 bits per heavy atom. The Kier molecular flexibility index (Phi) is 9.60. The number of hydrogen-bond donors (Lipinski definition) is 1. The van der Waals surface area contributed by atoms with Crippen molar-refractivity contribution in [2.45, 2.75) is 11.1 Å². The Hall–Kier alpha value is -4.03. The molecule has 0 atom stereocenters. The summed E-state index contributed by atoms with van der Waals surface area (Å²) in [6.07, 6.45) is -2.01. The van der Waals surface area contributed by atoms with E-state index in [1.54, 1.807) is 30.3 Å². The van der Waals surface area contributed by atoms with Gasteiger partial charge in [-0.2, -0.15) is 18.3 Å². The molecule has 0 bridgehead atoms. The second-order valence-electron chi connectivity index (χ2n) is 7.79. The van der Waals surface area contributed by atoms with Crippen molar-refractivity contribution in [2.75, 3.05) is 24.6 Å². The standard InChI is InChI=1S/C26H23ClF3N3O5S/c1-3-13-38-23-12-9-18(14-24(23)37-2)16-31-32-25(34)17-33(39(35,36)20-7-5-4-6-8-20)19-10-11-22(27)21(15-19)26(28,29)30/h3-12,14-16H,1,13,17H2,2H3,(H,32,34)/b31-16+. The number of benzene rings is 3. The van der Waals surface area contributed by atoms with E-state index >= 15 is 0 Å². The maximum Gasteiger partial charge on any atom is 0.417 e. The van der Waals surface area contributed by atoms with E-state index in [-0.39, 0.29) is 11.5 Å². The zero-order valence-corrected chi connectivity index (χ0v) is 22.1. The van der Waals surface area contributed by atoms with Crippen molar-refractivity contribution in [3.8, 4) is 11.5 Å². The minimum Gasteiger partial charge on any atom is -0.493 e. The summed E-state index contributed by atoms with van der Waals surface area (Å²) in [5, 5.41) is 3.20. The third-order valence-electron chi connectivity index (χ3n) is 5.11. The van der Waals surface area contributed by atoms with Gasteiger partial charge < -0.3 is 9.47 Å². The molecule has 3 rings (SSSR count). The van der Waals surface area contributed by atoms with Crippen molar-refractivity contribution in [1.82, 2.24) is 5.43 Å². The van der Waals surface area contributed by atoms with Crippen LogP contribution in [0.15, 0.2) is 89.4 Å². The summed E-state index contributed by atoms with van der Waals surface area (Å²) in [6.45, 7) is 2.97. The molecule has 1 amide bonds. The molecule has 0 unspecified atom stereocenters. The van der Waals surface area contributed by atoms with Crippen molar-refractivity contribution >= 4 is 39.4 Å². The molecule has 3 aromatic rings. The number of rotatable bonds is 11. The zero-order chi connectivity index (χ0) is 28.6. The predicted octanol–water partition coefficient (Wildman–Crippen LogP) is 5.28. The lowest BCUT2D eigenvalue weighted by molar-refractivity contribution is -0.137. The predicted molar refractivity (Wildman–Crippen MR) is 142 cm³/mol. The smallest absolute Gasteiger partial charge is 0.417 e. The molecule has 39 heavy (non-hydrogen) atoms. The Morgan fingerprint density at radius 1 is 1.10 bits per heavy atom. The van der Waals surface area contributed by atoms with Crippen LogP contribution in [0.3, 0.4) is 0 Å². The molecule has 0 saturated heterocycles. The number of anilines is 1. The number of methoxy groups -OCH3 is 1. The fourth-order valence-electron chi connectivity index (χ4n) is 3.30. The normalized spacial score (nSPS) is 11.7. The van der Waals surface area contributed by atoms with Crippen LogP contribution in [-0.4, -0.2) is 40.8 Å². The molecular formula is C26H23ClF3N3O5S. The lowest BCUT2D eigenvalue weighted by Crippen LogP contribution is -2.39. The number of sulfonamides is 1. The number of nitrogens with one attached hydrogen (secondary N) is 1. The van der Waals surface area contributed by atoms with Gasteiger partial charge in [0.05, 0.1) is 34.5 Å². The largest absolute Gasteiger partial charge is 0.493 e. The molecule has 0 aliphatic rings. The Bertz CT molecular complexity index is 1470. The monoisotopic (exact) mass is 581 g/mol. The van der Waals surface area contributed by atoms with E-state index in [1.165, 1.54) is 37.6 Å². The molecule has 1 N–H and O–H groups in total. The average Bonchev–Trinajstić information content (AvgIpc) is 2.91. The van der Waals surface area contributed by atoms with E-state index in [2.05, 4.69) is 17.1 Å². The van der Waals surface area contributed by atoms with Gasteiger partial charge in [-0.3, -0.25) is 9.10 Å². The third-order valence-corrected chi connectivity index (χ3v) is 7.23.